The Morgan fingerprint density at radius 2 is 2.12 bits per heavy atom. The summed E-state index contributed by atoms with van der Waals surface area (Å²) >= 11 is 5.43. The van der Waals surface area contributed by atoms with Crippen LogP contribution >= 0.6 is 11.6 Å². The summed E-state index contributed by atoms with van der Waals surface area (Å²) in [5.74, 6) is -0.727. The first-order valence-electron chi connectivity index (χ1n) is 5.46. The minimum absolute atomic E-state index is 0.0369. The molecule has 0 bridgehead atoms. The molecule has 3 N–H and O–H groups in total. The summed E-state index contributed by atoms with van der Waals surface area (Å²) in [6.45, 7) is 0.419. The Labute approximate surface area is 99.5 Å². The van der Waals surface area contributed by atoms with Crippen LogP contribution in [0.2, 0.25) is 0 Å². The van der Waals surface area contributed by atoms with Crippen LogP contribution in [0.25, 0.3) is 0 Å². The van der Waals surface area contributed by atoms with Gasteiger partial charge >= 0.3 is 12.0 Å². The number of carboxylic acids is 1. The average molecular weight is 249 g/mol. The van der Waals surface area contributed by atoms with Crippen molar-refractivity contribution >= 4 is 23.6 Å². The van der Waals surface area contributed by atoms with Gasteiger partial charge in [-0.25, -0.2) is 4.79 Å². The van der Waals surface area contributed by atoms with Crippen LogP contribution in [0.5, 0.6) is 0 Å². The van der Waals surface area contributed by atoms with Crippen molar-refractivity contribution in [3.63, 3.8) is 0 Å². The summed E-state index contributed by atoms with van der Waals surface area (Å²) < 4.78 is 0. The number of rotatable bonds is 4. The van der Waals surface area contributed by atoms with Crippen LogP contribution in [0.1, 0.15) is 25.7 Å². The largest absolute Gasteiger partial charge is 0.481 e. The summed E-state index contributed by atoms with van der Waals surface area (Å²) in [6, 6.07) is -0.304. The van der Waals surface area contributed by atoms with Crippen molar-refractivity contribution in [1.29, 1.82) is 0 Å². The molecule has 1 rings (SSSR count). The molecule has 6 heteroatoms. The number of carboxylic acid groups (broad SMARTS) is 1. The van der Waals surface area contributed by atoms with E-state index in [0.717, 1.165) is 12.8 Å². The lowest BCUT2D eigenvalue weighted by atomic mass is 9.86. The Hall–Kier alpha value is -0.970. The number of hydrogen-bond acceptors (Lipinski definition) is 2. The van der Waals surface area contributed by atoms with E-state index in [1.165, 1.54) is 0 Å². The molecule has 0 aromatic heterocycles. The third kappa shape index (κ3) is 4.26. The van der Waals surface area contributed by atoms with Gasteiger partial charge in [0.2, 0.25) is 0 Å². The molecule has 1 aliphatic rings. The van der Waals surface area contributed by atoms with Gasteiger partial charge in [0.25, 0.3) is 0 Å². The normalized spacial score (nSPS) is 24.8. The molecule has 1 saturated carbocycles. The summed E-state index contributed by atoms with van der Waals surface area (Å²) in [5.41, 5.74) is 0. The second-order valence-electron chi connectivity index (χ2n) is 3.99. The number of halogens is 1. The number of alkyl halides is 1. The van der Waals surface area contributed by atoms with Crippen LogP contribution < -0.4 is 10.6 Å². The molecule has 2 amide bonds. The lowest BCUT2D eigenvalue weighted by Crippen LogP contribution is -2.45. The number of carbonyl (C=O) groups is 2. The number of nitrogens with one attached hydrogen (secondary N) is 2. The zero-order chi connectivity index (χ0) is 12.0. The molecule has 0 aromatic rings. The highest BCUT2D eigenvalue weighted by Gasteiger charge is 2.27. The van der Waals surface area contributed by atoms with Crippen molar-refractivity contribution in [2.75, 3.05) is 12.4 Å². The average Bonchev–Trinajstić information content (AvgIpc) is 2.26. The smallest absolute Gasteiger partial charge is 0.315 e. The van der Waals surface area contributed by atoms with Gasteiger partial charge in [-0.3, -0.25) is 4.79 Å². The third-order valence-corrected chi connectivity index (χ3v) is 2.93. The molecule has 16 heavy (non-hydrogen) atoms. The molecule has 2 atom stereocenters. The SMILES string of the molecule is O=C(NCCCl)N[C@@H]1CCC[C@H](C(=O)O)C1. The molecule has 0 spiro atoms. The van der Waals surface area contributed by atoms with Gasteiger partial charge in [0.15, 0.2) is 0 Å². The Morgan fingerprint density at radius 3 is 2.75 bits per heavy atom. The number of carbonyl (C=O) groups excluding carboxylic acids is 1. The van der Waals surface area contributed by atoms with E-state index in [0.29, 0.717) is 25.3 Å². The van der Waals surface area contributed by atoms with Gasteiger partial charge in [0.05, 0.1) is 5.92 Å². The van der Waals surface area contributed by atoms with Crippen molar-refractivity contribution in [3.8, 4) is 0 Å². The van der Waals surface area contributed by atoms with Crippen LogP contribution in [0.3, 0.4) is 0 Å². The molecule has 0 radical (unpaired) electrons. The minimum atomic E-state index is -0.771. The first-order valence-corrected chi connectivity index (χ1v) is 6.00. The molecule has 0 aliphatic heterocycles. The number of urea groups is 1. The second-order valence-corrected chi connectivity index (χ2v) is 4.37. The zero-order valence-electron chi connectivity index (χ0n) is 9.04. The van der Waals surface area contributed by atoms with Gasteiger partial charge in [-0.2, -0.15) is 0 Å². The monoisotopic (exact) mass is 248 g/mol. The van der Waals surface area contributed by atoms with Crippen LogP contribution in [0.4, 0.5) is 4.79 Å². The molecular weight excluding hydrogens is 232 g/mol. The molecule has 1 aliphatic carbocycles. The van der Waals surface area contributed by atoms with Gasteiger partial charge in [-0.05, 0) is 19.3 Å². The molecule has 92 valence electrons. The van der Waals surface area contributed by atoms with E-state index < -0.39 is 5.97 Å². The Morgan fingerprint density at radius 1 is 1.38 bits per heavy atom. The van der Waals surface area contributed by atoms with E-state index >= 15 is 0 Å². The van der Waals surface area contributed by atoms with E-state index in [-0.39, 0.29) is 18.0 Å². The first-order chi connectivity index (χ1) is 7.63. The maximum absolute atomic E-state index is 11.3. The number of amides is 2. The highest BCUT2D eigenvalue weighted by molar-refractivity contribution is 6.18. The van der Waals surface area contributed by atoms with Crippen molar-refractivity contribution in [3.05, 3.63) is 0 Å². The standard InChI is InChI=1S/C10H17ClN2O3/c11-4-5-12-10(16)13-8-3-1-2-7(6-8)9(14)15/h7-8H,1-6H2,(H,14,15)(H2,12,13,16)/t7-,8+/m0/s1. The number of hydrogen-bond donors (Lipinski definition) is 3. The van der Waals surface area contributed by atoms with Crippen LogP contribution in [0.15, 0.2) is 0 Å². The molecular formula is C10H17ClN2O3. The Bertz CT molecular complexity index is 260. The quantitative estimate of drug-likeness (QED) is 0.654. The van der Waals surface area contributed by atoms with Crippen LogP contribution in [0, 0.1) is 5.92 Å². The Kier molecular flexibility index (Phi) is 5.38. The van der Waals surface area contributed by atoms with Crippen LogP contribution in [-0.4, -0.2) is 35.6 Å². The molecule has 5 nitrogen and oxygen atoms in total. The predicted octanol–water partition coefficient (Wildman–Crippen LogP) is 1.17. The van der Waals surface area contributed by atoms with Gasteiger partial charge in [0, 0.05) is 18.5 Å². The summed E-state index contributed by atoms with van der Waals surface area (Å²) in [7, 11) is 0. The topological polar surface area (TPSA) is 78.4 Å². The second kappa shape index (κ2) is 6.58. The Balaban J connectivity index is 2.31. The fourth-order valence-corrected chi connectivity index (χ4v) is 2.04. The number of aliphatic carboxylic acids is 1. The zero-order valence-corrected chi connectivity index (χ0v) is 9.79. The summed E-state index contributed by atoms with van der Waals surface area (Å²) in [5, 5.41) is 14.2. The van der Waals surface area contributed by atoms with E-state index in [4.69, 9.17) is 16.7 Å². The van der Waals surface area contributed by atoms with E-state index in [1.54, 1.807) is 0 Å². The lowest BCUT2D eigenvalue weighted by molar-refractivity contribution is -0.143. The minimum Gasteiger partial charge on any atom is -0.481 e. The summed E-state index contributed by atoms with van der Waals surface area (Å²) in [6.07, 6.45) is 2.91. The van der Waals surface area contributed by atoms with Crippen molar-refractivity contribution in [2.45, 2.75) is 31.7 Å². The van der Waals surface area contributed by atoms with Crippen molar-refractivity contribution < 1.29 is 14.7 Å². The van der Waals surface area contributed by atoms with E-state index in [9.17, 15) is 9.59 Å². The van der Waals surface area contributed by atoms with Crippen molar-refractivity contribution in [2.24, 2.45) is 5.92 Å². The molecule has 0 aromatic carbocycles. The lowest BCUT2D eigenvalue weighted by Gasteiger charge is -2.27. The first kappa shape index (κ1) is 13.1. The van der Waals surface area contributed by atoms with Crippen molar-refractivity contribution in [1.82, 2.24) is 10.6 Å². The highest BCUT2D eigenvalue weighted by atomic mass is 35.5. The third-order valence-electron chi connectivity index (χ3n) is 2.74. The fraction of sp³-hybridized carbons (Fsp3) is 0.800. The highest BCUT2D eigenvalue weighted by Crippen LogP contribution is 2.24. The van der Waals surface area contributed by atoms with Crippen LogP contribution in [-0.2, 0) is 4.79 Å². The molecule has 0 saturated heterocycles. The molecule has 0 heterocycles. The van der Waals surface area contributed by atoms with E-state index in [1.807, 2.05) is 0 Å². The van der Waals surface area contributed by atoms with Gasteiger partial charge < -0.3 is 15.7 Å². The predicted molar refractivity (Wildman–Crippen MR) is 60.6 cm³/mol. The maximum atomic E-state index is 11.3. The summed E-state index contributed by atoms with van der Waals surface area (Å²) in [4.78, 5) is 22.1. The maximum Gasteiger partial charge on any atom is 0.315 e. The van der Waals surface area contributed by atoms with Gasteiger partial charge in [0.1, 0.15) is 0 Å². The molecule has 0 unspecified atom stereocenters. The fourth-order valence-electron chi connectivity index (χ4n) is 1.94. The van der Waals surface area contributed by atoms with E-state index in [2.05, 4.69) is 10.6 Å². The van der Waals surface area contributed by atoms with Gasteiger partial charge in [-0.15, -0.1) is 11.6 Å². The van der Waals surface area contributed by atoms with Gasteiger partial charge in [-0.1, -0.05) is 6.42 Å². The molecule has 1 fully saturated rings.